The second-order valence-electron chi connectivity index (χ2n) is 16.2. The minimum absolute atomic E-state index is 0.244. The Morgan fingerprint density at radius 2 is 0.804 bits per heavy atom. The molecule has 0 bridgehead atoms. The number of aliphatic hydroxyl groups excluding tert-OH is 2. The number of phosphoric acid groups is 1. The van der Waals surface area contributed by atoms with Gasteiger partial charge in [-0.05, 0) is 6.42 Å². The Morgan fingerprint density at radius 1 is 0.500 bits per heavy atom. The molecule has 334 valence electrons. The van der Waals surface area contributed by atoms with Crippen LogP contribution in [0, 0.1) is 0 Å². The van der Waals surface area contributed by atoms with Crippen molar-refractivity contribution >= 4 is 19.8 Å². The summed E-state index contributed by atoms with van der Waals surface area (Å²) >= 11 is 0. The fourth-order valence-corrected chi connectivity index (χ4v) is 7.85. The number of rotatable bonds is 45. The molecule has 0 aromatic rings. The molecule has 0 spiro atoms. The van der Waals surface area contributed by atoms with E-state index in [9.17, 15) is 24.2 Å². The summed E-state index contributed by atoms with van der Waals surface area (Å²) in [4.78, 5) is 33.2. The zero-order valence-electron chi connectivity index (χ0n) is 36.4. The number of aliphatic hydroxyl groups is 2. The van der Waals surface area contributed by atoms with Gasteiger partial charge in [0.1, 0.15) is 12.7 Å². The summed E-state index contributed by atoms with van der Waals surface area (Å²) in [6.07, 6.45) is 44.1. The van der Waals surface area contributed by atoms with Crippen LogP contribution in [0.3, 0.4) is 0 Å². The molecule has 0 amide bonds. The van der Waals surface area contributed by atoms with Gasteiger partial charge in [0.05, 0.1) is 19.8 Å². The fourth-order valence-electron chi connectivity index (χ4n) is 7.06. The van der Waals surface area contributed by atoms with Crippen molar-refractivity contribution in [3.63, 3.8) is 0 Å². The van der Waals surface area contributed by atoms with E-state index in [1.54, 1.807) is 0 Å². The van der Waals surface area contributed by atoms with Gasteiger partial charge in [0.15, 0.2) is 6.10 Å². The minimum atomic E-state index is -4.57. The molecule has 3 N–H and O–H groups in total. The van der Waals surface area contributed by atoms with E-state index in [2.05, 4.69) is 11.4 Å². The maximum atomic E-state index is 12.1. The summed E-state index contributed by atoms with van der Waals surface area (Å²) in [5.74, 6) is -1.10. The highest BCUT2D eigenvalue weighted by Crippen LogP contribution is 2.43. The summed E-state index contributed by atoms with van der Waals surface area (Å²) in [5, 5.41) is 18.0. The van der Waals surface area contributed by atoms with Crippen molar-refractivity contribution in [2.75, 3.05) is 26.4 Å². The quantitative estimate of drug-likeness (QED) is 0.0308. The van der Waals surface area contributed by atoms with Crippen LogP contribution in [0.4, 0.5) is 0 Å². The van der Waals surface area contributed by atoms with Gasteiger partial charge in [-0.25, -0.2) is 4.57 Å². The van der Waals surface area contributed by atoms with Crippen molar-refractivity contribution in [3.8, 4) is 0 Å². The second-order valence-corrected chi connectivity index (χ2v) is 17.7. The fraction of sp³-hybridized carbons (Fsp3) is 0.956. The summed E-state index contributed by atoms with van der Waals surface area (Å²) in [6.45, 7) is 1.32. The minimum Gasteiger partial charge on any atom is -0.462 e. The largest absolute Gasteiger partial charge is 0.472 e. The number of carbonyl (C=O) groups excluding carboxylic acids is 2. The Labute approximate surface area is 344 Å². The van der Waals surface area contributed by atoms with E-state index in [0.29, 0.717) is 6.42 Å². The third-order valence-electron chi connectivity index (χ3n) is 10.6. The third-order valence-corrected chi connectivity index (χ3v) is 11.5. The Hall–Kier alpha value is -1.03. The molecule has 10 nitrogen and oxygen atoms in total. The van der Waals surface area contributed by atoms with Crippen LogP contribution in [-0.4, -0.2) is 65.7 Å². The molecule has 0 aliphatic rings. The first-order valence-electron chi connectivity index (χ1n) is 23.4. The molecular weight excluding hydrogens is 731 g/mol. The van der Waals surface area contributed by atoms with Crippen LogP contribution in [0.2, 0.25) is 0 Å². The maximum Gasteiger partial charge on any atom is 0.472 e. The molecule has 0 aliphatic heterocycles. The number of hydrogen-bond donors (Lipinski definition) is 3. The van der Waals surface area contributed by atoms with E-state index in [4.69, 9.17) is 19.1 Å². The number of esters is 2. The first-order valence-corrected chi connectivity index (χ1v) is 24.9. The Balaban J connectivity index is 3.42. The van der Waals surface area contributed by atoms with Gasteiger partial charge < -0.3 is 24.6 Å². The average Bonchev–Trinajstić information content (AvgIpc) is 3.18. The molecule has 0 radical (unpaired) electrons. The number of carbonyl (C=O) groups is 2. The van der Waals surface area contributed by atoms with E-state index in [1.807, 2.05) is 0 Å². The van der Waals surface area contributed by atoms with Gasteiger partial charge in [0.2, 0.25) is 0 Å². The maximum absolute atomic E-state index is 12.1. The predicted molar refractivity (Wildman–Crippen MR) is 229 cm³/mol. The van der Waals surface area contributed by atoms with E-state index in [0.717, 1.165) is 19.8 Å². The first-order chi connectivity index (χ1) is 27.2. The normalized spacial score (nSPS) is 13.7. The number of phosphoric ester groups is 1. The van der Waals surface area contributed by atoms with E-state index in [1.165, 1.54) is 199 Å². The predicted octanol–water partition coefficient (Wildman–Crippen LogP) is 12.6. The smallest absolute Gasteiger partial charge is 0.462 e. The van der Waals surface area contributed by atoms with Gasteiger partial charge in [-0.1, -0.05) is 219 Å². The summed E-state index contributed by atoms with van der Waals surface area (Å²) < 4.78 is 31.4. The number of ether oxygens (including phenoxy) is 2. The molecule has 56 heavy (non-hydrogen) atoms. The molecule has 11 heteroatoms. The van der Waals surface area contributed by atoms with Gasteiger partial charge in [-0.15, -0.1) is 0 Å². The highest BCUT2D eigenvalue weighted by Gasteiger charge is 2.26. The van der Waals surface area contributed by atoms with Crippen molar-refractivity contribution in [1.82, 2.24) is 0 Å². The average molecular weight is 821 g/mol. The molecule has 0 aromatic carbocycles. The van der Waals surface area contributed by atoms with Crippen LogP contribution in [0.25, 0.3) is 0 Å². The lowest BCUT2D eigenvalue weighted by molar-refractivity contribution is -0.159. The van der Waals surface area contributed by atoms with Crippen LogP contribution in [-0.2, 0) is 32.7 Å². The second kappa shape index (κ2) is 42.1. The van der Waals surface area contributed by atoms with Crippen LogP contribution >= 0.6 is 7.82 Å². The molecule has 1 unspecified atom stereocenters. The lowest BCUT2D eigenvalue weighted by Gasteiger charge is -2.19. The number of hydrogen-bond acceptors (Lipinski definition) is 9. The summed E-state index contributed by atoms with van der Waals surface area (Å²) in [7, 11) is -4.57. The van der Waals surface area contributed by atoms with Crippen LogP contribution in [0.1, 0.15) is 239 Å². The summed E-state index contributed by atoms with van der Waals surface area (Å²) in [5.41, 5.74) is 0. The van der Waals surface area contributed by atoms with Gasteiger partial charge in [0, 0.05) is 13.3 Å². The lowest BCUT2D eigenvalue weighted by Crippen LogP contribution is -2.29. The van der Waals surface area contributed by atoms with Crippen molar-refractivity contribution in [1.29, 1.82) is 0 Å². The molecule has 0 saturated carbocycles. The van der Waals surface area contributed by atoms with Crippen molar-refractivity contribution in [2.24, 2.45) is 0 Å². The van der Waals surface area contributed by atoms with E-state index in [-0.39, 0.29) is 13.0 Å². The molecule has 0 fully saturated rings. The Morgan fingerprint density at radius 3 is 1.11 bits per heavy atom. The third kappa shape index (κ3) is 42.6. The molecular formula is C45H89O10P. The lowest BCUT2D eigenvalue weighted by atomic mass is 10.0. The molecule has 0 saturated heterocycles. The first kappa shape index (κ1) is 55.0. The zero-order chi connectivity index (χ0) is 41.2. The SMILES string of the molecule is CCCCCCCCCCCCCCCCCCCCCCCCCCCCCCCCCCCCC(=O)OC[C@H](COP(=O)(O)OC[C@@H](O)CO)OC(C)=O. The van der Waals surface area contributed by atoms with Crippen LogP contribution in [0.15, 0.2) is 0 Å². The van der Waals surface area contributed by atoms with Crippen LogP contribution in [0.5, 0.6) is 0 Å². The molecule has 0 aliphatic carbocycles. The monoisotopic (exact) mass is 821 g/mol. The molecule has 3 atom stereocenters. The van der Waals surface area contributed by atoms with E-state index < -0.39 is 51.8 Å². The molecule has 0 heterocycles. The van der Waals surface area contributed by atoms with Gasteiger partial charge >= 0.3 is 19.8 Å². The highest BCUT2D eigenvalue weighted by molar-refractivity contribution is 7.47. The van der Waals surface area contributed by atoms with Gasteiger partial charge in [0.25, 0.3) is 0 Å². The summed E-state index contributed by atoms with van der Waals surface area (Å²) in [6, 6.07) is 0. The standard InChI is InChI=1S/C45H89O10P/c1-3-4-5-6-7-8-9-10-11-12-13-14-15-16-17-18-19-20-21-22-23-24-25-26-27-28-29-30-31-32-33-34-35-36-37-45(49)52-40-44(55-42(2)47)41-54-56(50,51)53-39-43(48)38-46/h43-44,46,48H,3-41H2,1-2H3,(H,50,51)/t43-,44+/m0/s1. The number of unbranched alkanes of at least 4 members (excludes halogenated alkanes) is 33. The molecule has 0 rings (SSSR count). The van der Waals surface area contributed by atoms with Crippen LogP contribution < -0.4 is 0 Å². The van der Waals surface area contributed by atoms with Gasteiger partial charge in [-0.2, -0.15) is 0 Å². The topological polar surface area (TPSA) is 149 Å². The van der Waals surface area contributed by atoms with Crippen molar-refractivity contribution in [2.45, 2.75) is 251 Å². The Kier molecular flexibility index (Phi) is 41.3. The molecule has 0 aromatic heterocycles. The van der Waals surface area contributed by atoms with Crippen molar-refractivity contribution in [3.05, 3.63) is 0 Å². The van der Waals surface area contributed by atoms with Crippen molar-refractivity contribution < 1.29 is 47.8 Å². The Bertz CT molecular complexity index is 904. The zero-order valence-corrected chi connectivity index (χ0v) is 37.3. The van der Waals surface area contributed by atoms with Gasteiger partial charge in [-0.3, -0.25) is 18.6 Å². The van der Waals surface area contributed by atoms with E-state index >= 15 is 0 Å². The highest BCUT2D eigenvalue weighted by atomic mass is 31.2.